The average molecular weight is 446 g/mol. The van der Waals surface area contributed by atoms with E-state index in [4.69, 9.17) is 11.6 Å². The van der Waals surface area contributed by atoms with Gasteiger partial charge in [0.1, 0.15) is 6.54 Å². The van der Waals surface area contributed by atoms with Gasteiger partial charge in [-0.3, -0.25) is 9.69 Å². The SMILES string of the molecule is Cc1c(Cl)c([N+](=O)[O-])nn1CC(=O)N1CCN(Cc2cccc(C(F)(F)F)c2)CC1. The Morgan fingerprint density at radius 1 is 1.27 bits per heavy atom. The van der Waals surface area contributed by atoms with Crippen molar-refractivity contribution in [3.63, 3.8) is 0 Å². The molecule has 1 fully saturated rings. The van der Waals surface area contributed by atoms with Crippen molar-refractivity contribution in [2.24, 2.45) is 0 Å². The largest absolute Gasteiger partial charge is 0.416 e. The van der Waals surface area contributed by atoms with Gasteiger partial charge in [-0.05, 0) is 23.5 Å². The molecule has 0 aliphatic carbocycles. The number of piperazine rings is 1. The highest BCUT2D eigenvalue weighted by Gasteiger charge is 2.31. The summed E-state index contributed by atoms with van der Waals surface area (Å²) in [7, 11) is 0. The molecule has 30 heavy (non-hydrogen) atoms. The first-order valence-electron chi connectivity index (χ1n) is 9.10. The van der Waals surface area contributed by atoms with Crippen molar-refractivity contribution in [3.05, 3.63) is 56.2 Å². The lowest BCUT2D eigenvalue weighted by Gasteiger charge is -2.34. The zero-order valence-electron chi connectivity index (χ0n) is 16.0. The Morgan fingerprint density at radius 3 is 2.50 bits per heavy atom. The molecule has 0 N–H and O–H groups in total. The molecule has 1 aromatic carbocycles. The molecule has 2 heterocycles. The molecule has 2 aromatic rings. The lowest BCUT2D eigenvalue weighted by molar-refractivity contribution is -0.389. The van der Waals surface area contributed by atoms with E-state index in [1.54, 1.807) is 17.9 Å². The van der Waals surface area contributed by atoms with Crippen LogP contribution in [0.4, 0.5) is 19.0 Å². The monoisotopic (exact) mass is 445 g/mol. The third-order valence-electron chi connectivity index (χ3n) is 4.96. The van der Waals surface area contributed by atoms with Gasteiger partial charge >= 0.3 is 12.0 Å². The minimum atomic E-state index is -4.39. The van der Waals surface area contributed by atoms with Gasteiger partial charge < -0.3 is 15.0 Å². The van der Waals surface area contributed by atoms with Crippen LogP contribution in [0.1, 0.15) is 16.8 Å². The molecular formula is C18H19ClF3N5O3. The Kier molecular flexibility index (Phi) is 6.32. The second kappa shape index (κ2) is 8.60. The number of amides is 1. The fourth-order valence-corrected chi connectivity index (χ4v) is 3.47. The molecule has 0 atom stereocenters. The number of hydrogen-bond donors (Lipinski definition) is 0. The Bertz CT molecular complexity index is 955. The lowest BCUT2D eigenvalue weighted by atomic mass is 10.1. The Balaban J connectivity index is 1.56. The smallest absolute Gasteiger partial charge is 0.358 e. The first kappa shape index (κ1) is 22.0. The first-order chi connectivity index (χ1) is 14.1. The summed E-state index contributed by atoms with van der Waals surface area (Å²) in [5, 5.41) is 14.6. The topological polar surface area (TPSA) is 84.5 Å². The molecule has 0 unspecified atom stereocenters. The number of carbonyl (C=O) groups excluding carboxylic acids is 1. The summed E-state index contributed by atoms with van der Waals surface area (Å²) in [5.74, 6) is -0.751. The molecule has 0 saturated carbocycles. The number of aromatic nitrogens is 2. The van der Waals surface area contributed by atoms with Crippen molar-refractivity contribution in [2.75, 3.05) is 26.2 Å². The fraction of sp³-hybridized carbons (Fsp3) is 0.444. The van der Waals surface area contributed by atoms with E-state index < -0.39 is 22.5 Å². The van der Waals surface area contributed by atoms with Gasteiger partial charge in [-0.25, -0.2) is 0 Å². The number of benzene rings is 1. The maximum atomic E-state index is 12.9. The van der Waals surface area contributed by atoms with Crippen molar-refractivity contribution < 1.29 is 22.9 Å². The van der Waals surface area contributed by atoms with E-state index in [9.17, 15) is 28.1 Å². The quantitative estimate of drug-likeness (QED) is 0.521. The molecule has 0 bridgehead atoms. The Morgan fingerprint density at radius 2 is 1.93 bits per heavy atom. The van der Waals surface area contributed by atoms with Crippen molar-refractivity contribution in [1.29, 1.82) is 0 Å². The predicted molar refractivity (Wildman–Crippen MR) is 102 cm³/mol. The van der Waals surface area contributed by atoms with Gasteiger partial charge in [0.2, 0.25) is 5.91 Å². The average Bonchev–Trinajstić information content (AvgIpc) is 2.97. The number of carbonyl (C=O) groups is 1. The molecule has 1 aliphatic heterocycles. The van der Waals surface area contributed by atoms with Crippen molar-refractivity contribution in [2.45, 2.75) is 26.2 Å². The third-order valence-corrected chi connectivity index (χ3v) is 5.40. The van der Waals surface area contributed by atoms with E-state index in [1.807, 2.05) is 4.90 Å². The van der Waals surface area contributed by atoms with Crippen LogP contribution in [0.15, 0.2) is 24.3 Å². The summed E-state index contributed by atoms with van der Waals surface area (Å²) >= 11 is 5.89. The Labute approximate surface area is 175 Å². The van der Waals surface area contributed by atoms with Crippen LogP contribution >= 0.6 is 11.6 Å². The molecule has 8 nitrogen and oxygen atoms in total. The highest BCUT2D eigenvalue weighted by atomic mass is 35.5. The standard InChI is InChI=1S/C18H19ClF3N5O3/c1-12-16(19)17(27(29)30)23-26(12)11-15(28)25-7-5-24(6-8-25)10-13-3-2-4-14(9-13)18(20,21)22/h2-4,9H,5-8,10-11H2,1H3. The number of rotatable bonds is 5. The van der Waals surface area contributed by atoms with E-state index >= 15 is 0 Å². The van der Waals surface area contributed by atoms with E-state index in [2.05, 4.69) is 5.10 Å². The lowest BCUT2D eigenvalue weighted by Crippen LogP contribution is -2.49. The van der Waals surface area contributed by atoms with Crippen LogP contribution in [0.5, 0.6) is 0 Å². The maximum Gasteiger partial charge on any atom is 0.416 e. The molecule has 0 radical (unpaired) electrons. The van der Waals surface area contributed by atoms with Gasteiger partial charge in [-0.1, -0.05) is 29.8 Å². The van der Waals surface area contributed by atoms with Crippen LogP contribution in [0.2, 0.25) is 5.02 Å². The summed E-state index contributed by atoms with van der Waals surface area (Å²) in [6, 6.07) is 5.20. The number of nitro groups is 1. The summed E-state index contributed by atoms with van der Waals surface area (Å²) in [6.45, 7) is 3.52. The number of alkyl halides is 3. The number of nitrogens with zero attached hydrogens (tertiary/aromatic N) is 5. The van der Waals surface area contributed by atoms with Gasteiger partial charge in [0, 0.05) is 32.7 Å². The zero-order valence-corrected chi connectivity index (χ0v) is 16.8. The minimum absolute atomic E-state index is 0.0984. The summed E-state index contributed by atoms with van der Waals surface area (Å²) in [6.07, 6.45) is -4.39. The minimum Gasteiger partial charge on any atom is -0.358 e. The molecule has 3 rings (SSSR count). The second-order valence-electron chi connectivity index (χ2n) is 6.99. The van der Waals surface area contributed by atoms with Gasteiger partial charge in [-0.15, -0.1) is 0 Å². The second-order valence-corrected chi connectivity index (χ2v) is 7.37. The van der Waals surface area contributed by atoms with Crippen molar-refractivity contribution >= 4 is 23.3 Å². The molecule has 1 amide bonds. The third kappa shape index (κ3) is 4.90. The van der Waals surface area contributed by atoms with E-state index in [0.29, 0.717) is 44.0 Å². The van der Waals surface area contributed by atoms with E-state index in [-0.39, 0.29) is 17.5 Å². The van der Waals surface area contributed by atoms with Gasteiger partial charge in [-0.2, -0.15) is 17.9 Å². The van der Waals surface area contributed by atoms with Crippen LogP contribution in [0, 0.1) is 17.0 Å². The molecule has 12 heteroatoms. The van der Waals surface area contributed by atoms with E-state index in [0.717, 1.165) is 12.1 Å². The van der Waals surface area contributed by atoms with Crippen LogP contribution < -0.4 is 0 Å². The van der Waals surface area contributed by atoms with Crippen LogP contribution in [-0.4, -0.2) is 56.6 Å². The summed E-state index contributed by atoms with van der Waals surface area (Å²) in [4.78, 5) is 26.3. The zero-order chi connectivity index (χ0) is 22.1. The molecule has 1 saturated heterocycles. The van der Waals surface area contributed by atoms with Crippen LogP contribution in [-0.2, 0) is 24.1 Å². The van der Waals surface area contributed by atoms with Gasteiger partial charge in [0.25, 0.3) is 0 Å². The number of halogens is 4. The van der Waals surface area contributed by atoms with Crippen molar-refractivity contribution in [1.82, 2.24) is 19.6 Å². The summed E-state index contributed by atoms with van der Waals surface area (Å²) < 4.78 is 39.8. The highest BCUT2D eigenvalue weighted by Crippen LogP contribution is 2.30. The molecule has 1 aliphatic rings. The van der Waals surface area contributed by atoms with Crippen LogP contribution in [0.3, 0.4) is 0 Å². The highest BCUT2D eigenvalue weighted by molar-refractivity contribution is 6.33. The molecule has 162 valence electrons. The van der Waals surface area contributed by atoms with Gasteiger partial charge in [0.05, 0.1) is 16.4 Å². The van der Waals surface area contributed by atoms with Crippen molar-refractivity contribution in [3.8, 4) is 0 Å². The number of hydrogen-bond acceptors (Lipinski definition) is 5. The summed E-state index contributed by atoms with van der Waals surface area (Å²) in [5.41, 5.74) is 0.203. The predicted octanol–water partition coefficient (Wildman–Crippen LogP) is 3.12. The normalized spacial score (nSPS) is 15.4. The first-order valence-corrected chi connectivity index (χ1v) is 9.47. The molecular weight excluding hydrogens is 427 g/mol. The molecule has 0 spiro atoms. The fourth-order valence-electron chi connectivity index (χ4n) is 3.27. The maximum absolute atomic E-state index is 12.9. The Hall–Kier alpha value is -2.66. The molecule has 1 aromatic heterocycles. The van der Waals surface area contributed by atoms with Crippen LogP contribution in [0.25, 0.3) is 0 Å². The van der Waals surface area contributed by atoms with Gasteiger partial charge in [0.15, 0.2) is 5.02 Å². The van der Waals surface area contributed by atoms with E-state index in [1.165, 1.54) is 10.7 Å².